The molecular weight excluding hydrogens is 265 g/mol. The quantitative estimate of drug-likeness (QED) is 0.631. The Kier molecular flexibility index (Phi) is 3.73. The van der Waals surface area contributed by atoms with Crippen LogP contribution in [0, 0.1) is 0 Å². The van der Waals surface area contributed by atoms with Gasteiger partial charge in [-0.2, -0.15) is 0 Å². The fraction of sp³-hybridized carbons (Fsp3) is 0.500. The number of rotatable bonds is 3. The van der Waals surface area contributed by atoms with Gasteiger partial charge in [-0.25, -0.2) is 8.78 Å². The number of benzene rings is 1. The lowest BCUT2D eigenvalue weighted by Gasteiger charge is -2.32. The van der Waals surface area contributed by atoms with Crippen molar-refractivity contribution in [1.29, 1.82) is 0 Å². The summed E-state index contributed by atoms with van der Waals surface area (Å²) >= 11 is 0. The monoisotopic (exact) mass is 282 g/mol. The van der Waals surface area contributed by atoms with Crippen LogP contribution in [0.3, 0.4) is 0 Å². The van der Waals surface area contributed by atoms with Crippen LogP contribution < -0.4 is 5.46 Å². The fourth-order valence-corrected chi connectivity index (χ4v) is 1.94. The second-order valence-electron chi connectivity index (χ2n) is 5.88. The van der Waals surface area contributed by atoms with Crippen LogP contribution in [-0.2, 0) is 9.31 Å². The van der Waals surface area contributed by atoms with E-state index in [4.69, 9.17) is 9.31 Å². The molecule has 1 aliphatic heterocycles. The lowest BCUT2D eigenvalue weighted by molar-refractivity contribution is 0.00578. The summed E-state index contributed by atoms with van der Waals surface area (Å²) in [6.45, 7) is 7.62. The van der Waals surface area contributed by atoms with Crippen molar-refractivity contribution in [3.05, 3.63) is 29.8 Å². The van der Waals surface area contributed by atoms with Crippen molar-refractivity contribution < 1.29 is 22.9 Å². The molecule has 0 unspecified atom stereocenters. The van der Waals surface area contributed by atoms with Gasteiger partial charge in [-0.05, 0) is 33.2 Å². The third-order valence-electron chi connectivity index (χ3n) is 3.89. The lowest BCUT2D eigenvalue weighted by atomic mass is 9.78. The van der Waals surface area contributed by atoms with E-state index in [2.05, 4.69) is 0 Å². The van der Waals surface area contributed by atoms with Gasteiger partial charge in [0.2, 0.25) is 5.78 Å². The molecule has 0 aromatic heterocycles. The molecule has 1 aromatic carbocycles. The molecule has 0 saturated carbocycles. The number of alkyl halides is 2. The number of ketones is 1. The van der Waals surface area contributed by atoms with E-state index in [1.54, 1.807) is 12.1 Å². The molecule has 6 heteroatoms. The van der Waals surface area contributed by atoms with E-state index in [1.807, 2.05) is 27.7 Å². The van der Waals surface area contributed by atoms with Crippen LogP contribution in [-0.4, -0.2) is 30.5 Å². The molecule has 3 nitrogen and oxygen atoms in total. The standard InChI is InChI=1S/C14H17BF2O3/c1-13(2)14(3,4)20-15(19-13)10-7-5-6-9(8-10)11(18)12(16)17/h5-8,12H,1-4H3. The Labute approximate surface area is 117 Å². The highest BCUT2D eigenvalue weighted by molar-refractivity contribution is 6.62. The zero-order valence-corrected chi connectivity index (χ0v) is 11.9. The molecule has 0 radical (unpaired) electrons. The minimum absolute atomic E-state index is 0.0350. The number of hydrogen-bond donors (Lipinski definition) is 0. The van der Waals surface area contributed by atoms with E-state index in [9.17, 15) is 13.6 Å². The molecular formula is C14H17BF2O3. The summed E-state index contributed by atoms with van der Waals surface area (Å²) in [6, 6.07) is 6.01. The Bertz CT molecular complexity index is 513. The minimum Gasteiger partial charge on any atom is -0.399 e. The molecule has 0 bridgehead atoms. The van der Waals surface area contributed by atoms with Crippen molar-refractivity contribution in [3.63, 3.8) is 0 Å². The van der Waals surface area contributed by atoms with Gasteiger partial charge in [0, 0.05) is 5.56 Å². The molecule has 1 aromatic rings. The minimum atomic E-state index is -3.01. The second kappa shape index (κ2) is 4.93. The van der Waals surface area contributed by atoms with Gasteiger partial charge in [-0.15, -0.1) is 0 Å². The van der Waals surface area contributed by atoms with Crippen molar-refractivity contribution in [2.45, 2.75) is 45.3 Å². The summed E-state index contributed by atoms with van der Waals surface area (Å²) in [7, 11) is -0.662. The van der Waals surface area contributed by atoms with Crippen LogP contribution in [0.5, 0.6) is 0 Å². The van der Waals surface area contributed by atoms with Crippen molar-refractivity contribution in [1.82, 2.24) is 0 Å². The Hall–Kier alpha value is -1.27. The Morgan fingerprint density at radius 1 is 1.15 bits per heavy atom. The average molecular weight is 282 g/mol. The SMILES string of the molecule is CC1(C)OB(c2cccc(C(=O)C(F)F)c2)OC1(C)C. The van der Waals surface area contributed by atoms with E-state index in [-0.39, 0.29) is 5.56 Å². The van der Waals surface area contributed by atoms with Crippen molar-refractivity contribution >= 4 is 18.4 Å². The fourth-order valence-electron chi connectivity index (χ4n) is 1.94. The molecule has 20 heavy (non-hydrogen) atoms. The van der Waals surface area contributed by atoms with Gasteiger partial charge >= 0.3 is 13.5 Å². The van der Waals surface area contributed by atoms with Crippen LogP contribution in [0.2, 0.25) is 0 Å². The van der Waals surface area contributed by atoms with Gasteiger partial charge in [0.1, 0.15) is 0 Å². The summed E-state index contributed by atoms with van der Waals surface area (Å²) in [5.74, 6) is -1.19. The van der Waals surface area contributed by atoms with Gasteiger partial charge in [0.15, 0.2) is 0 Å². The van der Waals surface area contributed by atoms with Gasteiger partial charge < -0.3 is 9.31 Å². The zero-order valence-electron chi connectivity index (χ0n) is 11.9. The Balaban J connectivity index is 2.28. The normalized spacial score (nSPS) is 20.4. The first-order valence-corrected chi connectivity index (χ1v) is 6.42. The van der Waals surface area contributed by atoms with E-state index < -0.39 is 30.5 Å². The van der Waals surface area contributed by atoms with Crippen LogP contribution in [0.1, 0.15) is 38.1 Å². The molecule has 0 aliphatic carbocycles. The van der Waals surface area contributed by atoms with Gasteiger partial charge in [-0.1, -0.05) is 24.3 Å². The predicted octanol–water partition coefficient (Wildman–Crippen LogP) is 2.43. The molecule has 1 aliphatic rings. The highest BCUT2D eigenvalue weighted by atomic mass is 19.3. The Morgan fingerprint density at radius 3 is 2.20 bits per heavy atom. The first-order chi connectivity index (χ1) is 9.14. The summed E-state index contributed by atoms with van der Waals surface area (Å²) < 4.78 is 36.6. The molecule has 2 rings (SSSR count). The van der Waals surface area contributed by atoms with Gasteiger partial charge in [0.05, 0.1) is 11.2 Å². The predicted molar refractivity (Wildman–Crippen MR) is 72.5 cm³/mol. The van der Waals surface area contributed by atoms with Crippen molar-refractivity contribution in [2.24, 2.45) is 0 Å². The summed E-state index contributed by atoms with van der Waals surface area (Å²) in [6.07, 6.45) is -3.01. The topological polar surface area (TPSA) is 35.5 Å². The number of halogens is 2. The summed E-state index contributed by atoms with van der Waals surface area (Å²) in [4.78, 5) is 11.3. The zero-order chi connectivity index (χ0) is 15.1. The van der Waals surface area contributed by atoms with E-state index in [1.165, 1.54) is 12.1 Å². The van der Waals surface area contributed by atoms with Crippen molar-refractivity contribution in [2.75, 3.05) is 0 Å². The molecule has 0 N–H and O–H groups in total. The number of hydrogen-bond acceptors (Lipinski definition) is 3. The maximum Gasteiger partial charge on any atom is 0.494 e. The van der Waals surface area contributed by atoms with Gasteiger partial charge in [0.25, 0.3) is 0 Å². The maximum atomic E-state index is 12.5. The highest BCUT2D eigenvalue weighted by Crippen LogP contribution is 2.36. The molecule has 108 valence electrons. The first kappa shape index (κ1) is 15.1. The lowest BCUT2D eigenvalue weighted by Crippen LogP contribution is -2.41. The third-order valence-corrected chi connectivity index (χ3v) is 3.89. The molecule has 1 fully saturated rings. The Morgan fingerprint density at radius 2 is 1.70 bits per heavy atom. The van der Waals surface area contributed by atoms with Crippen LogP contribution in [0.4, 0.5) is 8.78 Å². The largest absolute Gasteiger partial charge is 0.494 e. The van der Waals surface area contributed by atoms with E-state index in [0.717, 1.165) is 0 Å². The van der Waals surface area contributed by atoms with Crippen molar-refractivity contribution in [3.8, 4) is 0 Å². The average Bonchev–Trinajstić information content (AvgIpc) is 2.57. The third kappa shape index (κ3) is 2.62. The van der Waals surface area contributed by atoms with Crippen LogP contribution in [0.25, 0.3) is 0 Å². The maximum absolute atomic E-state index is 12.5. The molecule has 0 amide bonds. The number of carbonyl (C=O) groups is 1. The molecule has 0 atom stereocenters. The smallest absolute Gasteiger partial charge is 0.399 e. The summed E-state index contributed by atoms with van der Waals surface area (Å²) in [5, 5.41) is 0. The number of Topliss-reactive ketones (excluding diaryl/α,β-unsaturated/α-hetero) is 1. The first-order valence-electron chi connectivity index (χ1n) is 6.42. The van der Waals surface area contributed by atoms with Crippen LogP contribution in [0.15, 0.2) is 24.3 Å². The summed E-state index contributed by atoms with van der Waals surface area (Å²) in [5.41, 5.74) is -0.497. The number of carbonyl (C=O) groups excluding carboxylic acids is 1. The molecule has 0 spiro atoms. The second-order valence-corrected chi connectivity index (χ2v) is 5.88. The van der Waals surface area contributed by atoms with Crippen LogP contribution >= 0.6 is 0 Å². The molecule has 1 saturated heterocycles. The van der Waals surface area contributed by atoms with E-state index in [0.29, 0.717) is 5.46 Å². The molecule has 1 heterocycles. The van der Waals surface area contributed by atoms with Gasteiger partial charge in [-0.3, -0.25) is 4.79 Å². The van der Waals surface area contributed by atoms with E-state index >= 15 is 0 Å². The highest BCUT2D eigenvalue weighted by Gasteiger charge is 2.51.